The minimum Gasteiger partial charge on any atom is -0.486 e. The lowest BCUT2D eigenvalue weighted by molar-refractivity contribution is 0.171. The monoisotopic (exact) mass is 441 g/mol. The molecule has 0 amide bonds. The molecule has 1 unspecified atom stereocenters. The molecule has 1 aromatic heterocycles. The van der Waals surface area contributed by atoms with Gasteiger partial charge in [-0.3, -0.25) is 4.79 Å². The molecule has 0 saturated carbocycles. The van der Waals surface area contributed by atoms with Crippen molar-refractivity contribution >= 4 is 21.1 Å². The molecule has 0 bridgehead atoms. The van der Waals surface area contributed by atoms with E-state index in [0.717, 1.165) is 18.4 Å². The van der Waals surface area contributed by atoms with Gasteiger partial charge < -0.3 is 14.0 Å². The number of sulfonamides is 1. The summed E-state index contributed by atoms with van der Waals surface area (Å²) >= 11 is 0. The molecule has 0 N–H and O–H groups in total. The van der Waals surface area contributed by atoms with E-state index in [4.69, 9.17) is 9.47 Å². The van der Waals surface area contributed by atoms with Crippen LogP contribution in [-0.2, 0) is 16.6 Å². The Morgan fingerprint density at radius 1 is 1.06 bits per heavy atom. The van der Waals surface area contributed by atoms with Gasteiger partial charge in [0.2, 0.25) is 10.0 Å². The zero-order valence-electron chi connectivity index (χ0n) is 16.9. The van der Waals surface area contributed by atoms with Crippen LogP contribution in [0.25, 0.3) is 11.0 Å². The second kappa shape index (κ2) is 7.97. The van der Waals surface area contributed by atoms with Gasteiger partial charge in [0, 0.05) is 19.1 Å². The van der Waals surface area contributed by atoms with Crippen LogP contribution in [0.15, 0.2) is 53.5 Å². The van der Waals surface area contributed by atoms with Crippen molar-refractivity contribution in [2.24, 2.45) is 0 Å². The number of benzene rings is 2. The molecule has 1 fully saturated rings. The quantitative estimate of drug-likeness (QED) is 0.604. The second-order valence-electron chi connectivity index (χ2n) is 7.72. The summed E-state index contributed by atoms with van der Waals surface area (Å²) in [6.45, 7) is 1.54. The van der Waals surface area contributed by atoms with Crippen molar-refractivity contribution in [1.82, 2.24) is 13.9 Å². The third-order valence-electron chi connectivity index (χ3n) is 5.84. The Bertz CT molecular complexity index is 1290. The lowest BCUT2D eigenvalue weighted by Crippen LogP contribution is -2.35. The van der Waals surface area contributed by atoms with Gasteiger partial charge in [-0.1, -0.05) is 18.2 Å². The fraction of sp³-hybridized carbons (Fsp3) is 0.364. The Hall–Kier alpha value is -2.91. The third-order valence-corrected chi connectivity index (χ3v) is 7.69. The summed E-state index contributed by atoms with van der Waals surface area (Å²) in [4.78, 5) is 16.5. The van der Waals surface area contributed by atoms with Crippen molar-refractivity contribution in [3.63, 3.8) is 0 Å². The van der Waals surface area contributed by atoms with Gasteiger partial charge in [-0.25, -0.2) is 13.4 Å². The first kappa shape index (κ1) is 20.0. The summed E-state index contributed by atoms with van der Waals surface area (Å²) in [5.41, 5.74) is 1.89. The van der Waals surface area contributed by atoms with Crippen LogP contribution < -0.4 is 15.0 Å². The summed E-state index contributed by atoms with van der Waals surface area (Å²) < 4.78 is 40.8. The maximum absolute atomic E-state index is 13.3. The predicted molar refractivity (Wildman–Crippen MR) is 116 cm³/mol. The largest absolute Gasteiger partial charge is 0.486 e. The van der Waals surface area contributed by atoms with Crippen LogP contribution in [0, 0.1) is 0 Å². The lowest BCUT2D eigenvalue weighted by atomic mass is 10.0. The Kier molecular flexibility index (Phi) is 5.15. The van der Waals surface area contributed by atoms with Gasteiger partial charge in [0.1, 0.15) is 13.2 Å². The first-order valence-corrected chi connectivity index (χ1v) is 12.0. The molecule has 1 saturated heterocycles. The van der Waals surface area contributed by atoms with Gasteiger partial charge in [-0.2, -0.15) is 4.31 Å². The van der Waals surface area contributed by atoms with E-state index in [0.29, 0.717) is 42.3 Å². The number of nitrogens with zero attached hydrogens (tertiary/aromatic N) is 3. The number of hydrogen-bond donors (Lipinski definition) is 0. The molecular weight excluding hydrogens is 418 g/mol. The van der Waals surface area contributed by atoms with E-state index in [1.165, 1.54) is 10.8 Å². The standard InChI is InChI=1S/C22H23N3O5S/c26-22-15-23-17-4-1-2-5-19(17)24(22)10-13-31(27,28)25-9-3-6-18(25)16-7-8-20-21(14-16)30-12-11-29-20/h1-2,4-5,7-8,14-15,18H,3,6,9-13H2. The molecule has 3 aromatic rings. The molecule has 0 spiro atoms. The lowest BCUT2D eigenvalue weighted by Gasteiger charge is -2.26. The first-order chi connectivity index (χ1) is 15.0. The minimum atomic E-state index is -3.58. The molecule has 8 nitrogen and oxygen atoms in total. The van der Waals surface area contributed by atoms with E-state index in [1.807, 2.05) is 30.3 Å². The fourth-order valence-corrected chi connectivity index (χ4v) is 6.01. The Balaban J connectivity index is 1.39. The highest BCUT2D eigenvalue weighted by Crippen LogP contribution is 2.39. The molecule has 2 aliphatic rings. The summed E-state index contributed by atoms with van der Waals surface area (Å²) in [5, 5.41) is 0. The van der Waals surface area contributed by atoms with Crippen LogP contribution in [0.3, 0.4) is 0 Å². The highest BCUT2D eigenvalue weighted by molar-refractivity contribution is 7.89. The van der Waals surface area contributed by atoms with Crippen LogP contribution in [0.4, 0.5) is 0 Å². The predicted octanol–water partition coefficient (Wildman–Crippen LogP) is 2.33. The second-order valence-corrected chi connectivity index (χ2v) is 9.77. The van der Waals surface area contributed by atoms with Crippen molar-refractivity contribution in [1.29, 1.82) is 0 Å². The highest BCUT2D eigenvalue weighted by atomic mass is 32.2. The average molecular weight is 442 g/mol. The third kappa shape index (κ3) is 3.79. The van der Waals surface area contributed by atoms with Gasteiger partial charge in [-0.15, -0.1) is 0 Å². The van der Waals surface area contributed by atoms with Crippen LogP contribution in [0.2, 0.25) is 0 Å². The molecule has 0 radical (unpaired) electrons. The van der Waals surface area contributed by atoms with Crippen LogP contribution in [-0.4, -0.2) is 47.8 Å². The number of para-hydroxylation sites is 2. The molecule has 5 rings (SSSR count). The van der Waals surface area contributed by atoms with E-state index >= 15 is 0 Å². The minimum absolute atomic E-state index is 0.0779. The molecule has 2 aromatic carbocycles. The number of ether oxygens (including phenoxy) is 2. The maximum atomic E-state index is 13.3. The number of aryl methyl sites for hydroxylation is 1. The fourth-order valence-electron chi connectivity index (χ4n) is 4.34. The highest BCUT2D eigenvalue weighted by Gasteiger charge is 2.35. The Morgan fingerprint density at radius 2 is 1.87 bits per heavy atom. The summed E-state index contributed by atoms with van der Waals surface area (Å²) in [5.74, 6) is 1.19. The van der Waals surface area contributed by atoms with Crippen molar-refractivity contribution in [3.8, 4) is 11.5 Å². The van der Waals surface area contributed by atoms with Gasteiger partial charge in [0.25, 0.3) is 5.56 Å². The molecule has 0 aliphatic carbocycles. The SMILES string of the molecule is O=c1cnc2ccccc2n1CCS(=O)(=O)N1CCCC1c1ccc2c(c1)OCCO2. The molecule has 3 heterocycles. The summed E-state index contributed by atoms with van der Waals surface area (Å²) in [7, 11) is -3.58. The first-order valence-electron chi connectivity index (χ1n) is 10.4. The average Bonchev–Trinajstić information content (AvgIpc) is 3.29. The Labute approximate surface area is 180 Å². The zero-order chi connectivity index (χ0) is 21.4. The normalized spacial score (nSPS) is 19.0. The number of hydrogen-bond acceptors (Lipinski definition) is 6. The summed E-state index contributed by atoms with van der Waals surface area (Å²) in [6.07, 6.45) is 2.77. The molecule has 9 heteroatoms. The molecule has 2 aliphatic heterocycles. The van der Waals surface area contributed by atoms with E-state index in [2.05, 4.69) is 4.98 Å². The van der Waals surface area contributed by atoms with Gasteiger partial charge in [-0.05, 0) is 42.7 Å². The van der Waals surface area contributed by atoms with Gasteiger partial charge >= 0.3 is 0 Å². The van der Waals surface area contributed by atoms with Crippen LogP contribution in [0.1, 0.15) is 24.4 Å². The molecule has 31 heavy (non-hydrogen) atoms. The molecular formula is C22H23N3O5S. The van der Waals surface area contributed by atoms with Gasteiger partial charge in [0.15, 0.2) is 11.5 Å². The van der Waals surface area contributed by atoms with Crippen molar-refractivity contribution in [2.45, 2.75) is 25.4 Å². The number of fused-ring (bicyclic) bond motifs is 2. The van der Waals surface area contributed by atoms with E-state index in [-0.39, 0.29) is 23.9 Å². The van der Waals surface area contributed by atoms with Crippen molar-refractivity contribution in [2.75, 3.05) is 25.5 Å². The van der Waals surface area contributed by atoms with Crippen molar-refractivity contribution < 1.29 is 17.9 Å². The zero-order valence-corrected chi connectivity index (χ0v) is 17.8. The molecule has 162 valence electrons. The topological polar surface area (TPSA) is 90.7 Å². The summed E-state index contributed by atoms with van der Waals surface area (Å²) in [6, 6.07) is 12.6. The van der Waals surface area contributed by atoms with E-state index in [1.54, 1.807) is 16.4 Å². The smallest absolute Gasteiger partial charge is 0.269 e. The Morgan fingerprint density at radius 3 is 2.74 bits per heavy atom. The van der Waals surface area contributed by atoms with Crippen molar-refractivity contribution in [3.05, 3.63) is 64.6 Å². The number of rotatable bonds is 5. The number of aromatic nitrogens is 2. The van der Waals surface area contributed by atoms with E-state index < -0.39 is 10.0 Å². The van der Waals surface area contributed by atoms with Crippen LogP contribution in [0.5, 0.6) is 11.5 Å². The maximum Gasteiger partial charge on any atom is 0.269 e. The van der Waals surface area contributed by atoms with Gasteiger partial charge in [0.05, 0.1) is 23.0 Å². The van der Waals surface area contributed by atoms with E-state index in [9.17, 15) is 13.2 Å². The molecule has 1 atom stereocenters. The van der Waals surface area contributed by atoms with Crippen LogP contribution >= 0.6 is 0 Å².